The molecule has 0 amide bonds. The van der Waals surface area contributed by atoms with Gasteiger partial charge in [-0.05, 0) is 23.3 Å². The van der Waals surface area contributed by atoms with Crippen molar-refractivity contribution in [2.75, 3.05) is 13.2 Å². The smallest absolute Gasteiger partial charge is 0.123 e. The normalized spacial score (nSPS) is 11.8. The molecule has 70 valence electrons. The monoisotopic (exact) mass is 182 g/mol. The van der Waals surface area contributed by atoms with Gasteiger partial charge in [0.05, 0.1) is 13.2 Å². The summed E-state index contributed by atoms with van der Waals surface area (Å²) in [6.07, 6.45) is 1.49. The molecule has 0 saturated carbocycles. The van der Waals surface area contributed by atoms with E-state index in [0.29, 0.717) is 5.57 Å². The predicted molar refractivity (Wildman–Crippen MR) is 48.5 cm³/mol. The van der Waals surface area contributed by atoms with Gasteiger partial charge < -0.3 is 10.2 Å². The van der Waals surface area contributed by atoms with Crippen LogP contribution >= 0.6 is 0 Å². The fraction of sp³-hybridized carbons (Fsp3) is 0.200. The molecule has 2 N–H and O–H groups in total. The highest BCUT2D eigenvalue weighted by Crippen LogP contribution is 2.13. The summed E-state index contributed by atoms with van der Waals surface area (Å²) in [7, 11) is 0. The van der Waals surface area contributed by atoms with Gasteiger partial charge in [0.2, 0.25) is 0 Å². The minimum Gasteiger partial charge on any atom is -0.392 e. The average molecular weight is 182 g/mol. The molecule has 2 nitrogen and oxygen atoms in total. The van der Waals surface area contributed by atoms with Gasteiger partial charge in [0.1, 0.15) is 5.82 Å². The lowest BCUT2D eigenvalue weighted by Crippen LogP contribution is -1.92. The largest absolute Gasteiger partial charge is 0.392 e. The zero-order valence-corrected chi connectivity index (χ0v) is 7.07. The van der Waals surface area contributed by atoms with Crippen LogP contribution in [0.1, 0.15) is 5.56 Å². The Bertz CT molecular complexity index is 290. The maximum absolute atomic E-state index is 12.5. The number of benzene rings is 1. The third-order valence-electron chi connectivity index (χ3n) is 1.72. The van der Waals surface area contributed by atoms with E-state index in [-0.39, 0.29) is 19.0 Å². The molecule has 0 radical (unpaired) electrons. The van der Waals surface area contributed by atoms with E-state index in [9.17, 15) is 4.39 Å². The molecular weight excluding hydrogens is 171 g/mol. The van der Waals surface area contributed by atoms with E-state index in [1.807, 2.05) is 0 Å². The molecule has 0 aliphatic carbocycles. The van der Waals surface area contributed by atoms with Gasteiger partial charge in [0.25, 0.3) is 0 Å². The molecule has 0 saturated heterocycles. The summed E-state index contributed by atoms with van der Waals surface area (Å²) < 4.78 is 12.5. The Balaban J connectivity index is 2.92. The molecule has 0 unspecified atom stereocenters. The average Bonchev–Trinajstić information content (AvgIpc) is 2.16. The van der Waals surface area contributed by atoms with E-state index in [0.717, 1.165) is 5.56 Å². The summed E-state index contributed by atoms with van der Waals surface area (Å²) in [6, 6.07) is 5.76. The van der Waals surface area contributed by atoms with Crippen molar-refractivity contribution in [2.24, 2.45) is 0 Å². The Morgan fingerprint density at radius 3 is 2.31 bits per heavy atom. The molecule has 0 atom stereocenters. The lowest BCUT2D eigenvalue weighted by Gasteiger charge is -2.02. The Morgan fingerprint density at radius 1 is 1.23 bits per heavy atom. The third-order valence-corrected chi connectivity index (χ3v) is 1.72. The lowest BCUT2D eigenvalue weighted by atomic mass is 10.1. The van der Waals surface area contributed by atoms with Gasteiger partial charge in [0, 0.05) is 0 Å². The van der Waals surface area contributed by atoms with Crippen molar-refractivity contribution >= 4 is 5.57 Å². The van der Waals surface area contributed by atoms with Crippen molar-refractivity contribution in [1.82, 2.24) is 0 Å². The second-order valence-electron chi connectivity index (χ2n) is 2.58. The first kappa shape index (κ1) is 9.89. The van der Waals surface area contributed by atoms with Gasteiger partial charge >= 0.3 is 0 Å². The number of rotatable bonds is 3. The molecule has 1 aromatic carbocycles. The van der Waals surface area contributed by atoms with Crippen molar-refractivity contribution in [2.45, 2.75) is 0 Å². The number of aliphatic hydroxyl groups excluding tert-OH is 2. The quantitative estimate of drug-likeness (QED) is 0.737. The third kappa shape index (κ3) is 2.65. The predicted octanol–water partition coefficient (Wildman–Crippen LogP) is 1.19. The molecule has 0 spiro atoms. The Morgan fingerprint density at radius 2 is 1.85 bits per heavy atom. The molecule has 0 bridgehead atoms. The van der Waals surface area contributed by atoms with Crippen LogP contribution in [0.4, 0.5) is 4.39 Å². The first-order chi connectivity index (χ1) is 6.27. The number of halogens is 1. The molecule has 0 fully saturated rings. The molecular formula is C10H11FO2. The first-order valence-electron chi connectivity index (χ1n) is 3.94. The molecule has 3 heteroatoms. The van der Waals surface area contributed by atoms with E-state index in [2.05, 4.69) is 0 Å². The van der Waals surface area contributed by atoms with Crippen molar-refractivity contribution in [3.63, 3.8) is 0 Å². The van der Waals surface area contributed by atoms with Crippen molar-refractivity contribution in [1.29, 1.82) is 0 Å². The second kappa shape index (κ2) is 4.74. The molecule has 1 aromatic rings. The number of hydrogen-bond acceptors (Lipinski definition) is 2. The van der Waals surface area contributed by atoms with Crippen molar-refractivity contribution in [3.05, 3.63) is 41.7 Å². The van der Waals surface area contributed by atoms with Gasteiger partial charge in [-0.1, -0.05) is 18.2 Å². The van der Waals surface area contributed by atoms with Crippen LogP contribution in [0.15, 0.2) is 30.3 Å². The van der Waals surface area contributed by atoms with Crippen LogP contribution in [0.25, 0.3) is 5.57 Å². The maximum Gasteiger partial charge on any atom is 0.123 e. The van der Waals surface area contributed by atoms with E-state index in [4.69, 9.17) is 10.2 Å². The van der Waals surface area contributed by atoms with Gasteiger partial charge in [-0.25, -0.2) is 4.39 Å². The van der Waals surface area contributed by atoms with Gasteiger partial charge in [-0.2, -0.15) is 0 Å². The summed E-state index contributed by atoms with van der Waals surface area (Å²) in [5.41, 5.74) is 1.32. The van der Waals surface area contributed by atoms with Gasteiger partial charge in [-0.15, -0.1) is 0 Å². The van der Waals surface area contributed by atoms with E-state index in [1.165, 1.54) is 18.2 Å². The molecule has 13 heavy (non-hydrogen) atoms. The maximum atomic E-state index is 12.5. The molecule has 1 rings (SSSR count). The SMILES string of the molecule is OC/C=C(\CO)c1ccc(F)cc1. The topological polar surface area (TPSA) is 40.5 Å². The highest BCUT2D eigenvalue weighted by Gasteiger charge is 1.99. The summed E-state index contributed by atoms with van der Waals surface area (Å²) in [4.78, 5) is 0. The first-order valence-corrected chi connectivity index (χ1v) is 3.94. The van der Waals surface area contributed by atoms with Crippen LogP contribution in [0, 0.1) is 5.82 Å². The highest BCUT2D eigenvalue weighted by molar-refractivity contribution is 5.66. The molecule has 0 heterocycles. The summed E-state index contributed by atoms with van der Waals surface area (Å²) >= 11 is 0. The van der Waals surface area contributed by atoms with Crippen molar-refractivity contribution in [3.8, 4) is 0 Å². The fourth-order valence-electron chi connectivity index (χ4n) is 1.05. The van der Waals surface area contributed by atoms with Crippen LogP contribution in [0.2, 0.25) is 0 Å². The van der Waals surface area contributed by atoms with Crippen LogP contribution in [-0.4, -0.2) is 23.4 Å². The highest BCUT2D eigenvalue weighted by atomic mass is 19.1. The van der Waals surface area contributed by atoms with Crippen LogP contribution in [-0.2, 0) is 0 Å². The molecule has 0 aromatic heterocycles. The Kier molecular flexibility index (Phi) is 3.61. The standard InChI is InChI=1S/C10H11FO2/c11-10-3-1-8(2-4-10)9(7-13)5-6-12/h1-5,12-13H,6-7H2/b9-5+. The zero-order valence-electron chi connectivity index (χ0n) is 7.07. The number of aliphatic hydroxyl groups is 2. The van der Waals surface area contributed by atoms with Crippen molar-refractivity contribution < 1.29 is 14.6 Å². The summed E-state index contributed by atoms with van der Waals surface area (Å²) in [5, 5.41) is 17.5. The van der Waals surface area contributed by atoms with E-state index < -0.39 is 0 Å². The van der Waals surface area contributed by atoms with E-state index >= 15 is 0 Å². The summed E-state index contributed by atoms with van der Waals surface area (Å²) in [5.74, 6) is -0.315. The summed E-state index contributed by atoms with van der Waals surface area (Å²) in [6.45, 7) is -0.292. The second-order valence-corrected chi connectivity index (χ2v) is 2.58. The van der Waals surface area contributed by atoms with Crippen LogP contribution in [0.3, 0.4) is 0 Å². The number of hydrogen-bond donors (Lipinski definition) is 2. The minimum absolute atomic E-state index is 0.132. The lowest BCUT2D eigenvalue weighted by molar-refractivity contribution is 0.334. The van der Waals surface area contributed by atoms with Crippen LogP contribution in [0.5, 0.6) is 0 Å². The molecule has 0 aliphatic rings. The fourth-order valence-corrected chi connectivity index (χ4v) is 1.05. The Labute approximate surface area is 76.0 Å². The van der Waals surface area contributed by atoms with Gasteiger partial charge in [0.15, 0.2) is 0 Å². The van der Waals surface area contributed by atoms with E-state index in [1.54, 1.807) is 12.1 Å². The zero-order chi connectivity index (χ0) is 9.68. The van der Waals surface area contributed by atoms with Gasteiger partial charge in [-0.3, -0.25) is 0 Å². The minimum atomic E-state index is -0.315. The van der Waals surface area contributed by atoms with Crippen LogP contribution < -0.4 is 0 Å². The molecule has 0 aliphatic heterocycles. The Hall–Kier alpha value is -1.19.